The first-order valence-corrected chi connectivity index (χ1v) is 11.0. The van der Waals surface area contributed by atoms with Gasteiger partial charge in [-0.1, -0.05) is 80.6 Å². The van der Waals surface area contributed by atoms with Crippen LogP contribution in [0.2, 0.25) is 0 Å². The lowest BCUT2D eigenvalue weighted by molar-refractivity contribution is 0.321. The minimum atomic E-state index is 0.480. The quantitative estimate of drug-likeness (QED) is 0.283. The predicted molar refractivity (Wildman–Crippen MR) is 132 cm³/mol. The van der Waals surface area contributed by atoms with Crippen LogP contribution in [0, 0.1) is 0 Å². The second-order valence-electron chi connectivity index (χ2n) is 7.21. The monoisotopic (exact) mass is 420 g/mol. The van der Waals surface area contributed by atoms with Gasteiger partial charge in [0.25, 0.3) is 0 Å². The molecule has 3 aromatic rings. The Morgan fingerprint density at radius 3 is 2.17 bits per heavy atom. The Morgan fingerprint density at radius 1 is 0.862 bits per heavy atom. The van der Waals surface area contributed by atoms with Crippen molar-refractivity contribution in [2.75, 3.05) is 6.61 Å². The van der Waals surface area contributed by atoms with E-state index < -0.39 is 0 Å². The first-order chi connectivity index (χ1) is 14.1. The molecule has 1 atom stereocenters. The van der Waals surface area contributed by atoms with E-state index in [1.165, 1.54) is 11.1 Å². The Hall–Kier alpha value is -2.10. The summed E-state index contributed by atoms with van der Waals surface area (Å²) in [5.41, 5.74) is 4.60. The summed E-state index contributed by atoms with van der Waals surface area (Å²) in [4.78, 5) is 1.68. The summed E-state index contributed by atoms with van der Waals surface area (Å²) in [7, 11) is 0. The molecule has 0 bridgehead atoms. The van der Waals surface area contributed by atoms with Crippen molar-refractivity contribution >= 4 is 35.1 Å². The van der Waals surface area contributed by atoms with E-state index in [4.69, 9.17) is 30.0 Å². The molecule has 0 saturated heterocycles. The highest BCUT2D eigenvalue weighted by Crippen LogP contribution is 2.38. The fourth-order valence-corrected chi connectivity index (χ4v) is 3.76. The number of rotatable bonds is 8. The third-order valence-electron chi connectivity index (χ3n) is 5.20. The molecule has 3 rings (SSSR count). The van der Waals surface area contributed by atoms with E-state index in [1.807, 2.05) is 36.4 Å². The zero-order chi connectivity index (χ0) is 20.6. The molecule has 3 aromatic carbocycles. The van der Waals surface area contributed by atoms with Gasteiger partial charge in [0.15, 0.2) is 0 Å². The molecule has 150 valence electrons. The number of thiol groups is 2. The first-order valence-electron chi connectivity index (χ1n) is 10.1. The highest BCUT2D eigenvalue weighted by atomic mass is 32.1. The predicted octanol–water partition coefficient (Wildman–Crippen LogP) is 7.51. The van der Waals surface area contributed by atoms with Gasteiger partial charge in [0.1, 0.15) is 5.75 Å². The van der Waals surface area contributed by atoms with Crippen LogP contribution < -0.4 is 4.74 Å². The lowest BCUT2D eigenvalue weighted by Crippen LogP contribution is -2.04. The van der Waals surface area contributed by atoms with Gasteiger partial charge in [-0.2, -0.15) is 0 Å². The van der Waals surface area contributed by atoms with Crippen LogP contribution in [0.5, 0.6) is 5.75 Å². The number of benzene rings is 3. The third-order valence-corrected chi connectivity index (χ3v) is 6.33. The largest absolute Gasteiger partial charge is 0.493 e. The van der Waals surface area contributed by atoms with Crippen LogP contribution in [0.15, 0.2) is 78.9 Å². The van der Waals surface area contributed by atoms with Gasteiger partial charge in [-0.05, 0) is 41.2 Å². The Morgan fingerprint density at radius 2 is 1.52 bits per heavy atom. The number of hydrogen-bond acceptors (Lipinski definition) is 3. The molecule has 0 aliphatic carbocycles. The van der Waals surface area contributed by atoms with Crippen molar-refractivity contribution in [1.29, 1.82) is 0 Å². The molecular weight excluding hydrogens is 392 g/mol. The van der Waals surface area contributed by atoms with Crippen molar-refractivity contribution in [2.24, 2.45) is 0 Å². The van der Waals surface area contributed by atoms with Gasteiger partial charge >= 0.3 is 0 Å². The number of ether oxygens (including phenoxy) is 1. The first kappa shape index (κ1) is 21.6. The summed E-state index contributed by atoms with van der Waals surface area (Å²) < 4.78 is 6.20. The van der Waals surface area contributed by atoms with Crippen molar-refractivity contribution in [3.8, 4) is 5.75 Å². The zero-order valence-corrected chi connectivity index (χ0v) is 18.8. The molecule has 1 unspecified atom stereocenters. The van der Waals surface area contributed by atoms with E-state index in [1.54, 1.807) is 0 Å². The molecule has 0 heterocycles. The Kier molecular flexibility index (Phi) is 7.91. The summed E-state index contributed by atoms with van der Waals surface area (Å²) in [6, 6.07) is 27.0. The average molecular weight is 421 g/mol. The van der Waals surface area contributed by atoms with E-state index in [2.05, 4.69) is 56.3 Å². The van der Waals surface area contributed by atoms with Crippen LogP contribution >= 0.6 is 25.3 Å². The van der Waals surface area contributed by atoms with Crippen LogP contribution in [0.1, 0.15) is 48.4 Å². The smallest absolute Gasteiger partial charge is 0.127 e. The summed E-state index contributed by atoms with van der Waals surface area (Å²) in [5.74, 6) is 1.33. The Balaban J connectivity index is 1.91. The van der Waals surface area contributed by atoms with Crippen molar-refractivity contribution in [1.82, 2.24) is 0 Å². The van der Waals surface area contributed by atoms with E-state index in [0.717, 1.165) is 39.5 Å². The lowest BCUT2D eigenvalue weighted by atomic mass is 9.96. The molecule has 0 amide bonds. The fourth-order valence-electron chi connectivity index (χ4n) is 3.18. The second-order valence-corrected chi connectivity index (χ2v) is 8.11. The Bertz CT molecular complexity index is 949. The Labute approximate surface area is 185 Å². The summed E-state index contributed by atoms with van der Waals surface area (Å²) in [5, 5.41) is 0. The van der Waals surface area contributed by atoms with Gasteiger partial charge < -0.3 is 4.74 Å². The SMILES string of the molecule is CCC(C)c1ccc(OCCc2ccccc2)c(/C(S)=C(/S)c2ccccc2)c1. The normalized spacial score (nSPS) is 13.0. The summed E-state index contributed by atoms with van der Waals surface area (Å²) >= 11 is 9.63. The van der Waals surface area contributed by atoms with Crippen molar-refractivity contribution in [3.05, 3.63) is 101 Å². The maximum absolute atomic E-state index is 6.20. The van der Waals surface area contributed by atoms with Gasteiger partial charge in [-0.15, -0.1) is 25.3 Å². The minimum absolute atomic E-state index is 0.480. The minimum Gasteiger partial charge on any atom is -0.493 e. The molecule has 29 heavy (non-hydrogen) atoms. The summed E-state index contributed by atoms with van der Waals surface area (Å²) in [6.45, 7) is 5.07. The van der Waals surface area contributed by atoms with Crippen molar-refractivity contribution in [2.45, 2.75) is 32.6 Å². The van der Waals surface area contributed by atoms with Gasteiger partial charge in [0, 0.05) is 21.8 Å². The molecular formula is C26H28OS2. The molecule has 0 N–H and O–H groups in total. The molecule has 0 aliphatic rings. The summed E-state index contributed by atoms with van der Waals surface area (Å²) in [6.07, 6.45) is 1.96. The number of hydrogen-bond donors (Lipinski definition) is 2. The maximum atomic E-state index is 6.20. The van der Waals surface area contributed by atoms with Gasteiger partial charge in [0.05, 0.1) is 6.61 Å². The van der Waals surface area contributed by atoms with Gasteiger partial charge in [-0.25, -0.2) is 0 Å². The van der Waals surface area contributed by atoms with E-state index in [0.29, 0.717) is 12.5 Å². The topological polar surface area (TPSA) is 9.23 Å². The molecule has 0 radical (unpaired) electrons. The maximum Gasteiger partial charge on any atom is 0.127 e. The zero-order valence-electron chi connectivity index (χ0n) is 17.0. The van der Waals surface area contributed by atoms with Crippen molar-refractivity contribution < 1.29 is 4.74 Å². The van der Waals surface area contributed by atoms with E-state index in [-0.39, 0.29) is 0 Å². The second kappa shape index (κ2) is 10.6. The third kappa shape index (κ3) is 5.71. The van der Waals surface area contributed by atoms with Gasteiger partial charge in [0.2, 0.25) is 0 Å². The molecule has 0 spiro atoms. The van der Waals surface area contributed by atoms with Crippen LogP contribution in [0.3, 0.4) is 0 Å². The van der Waals surface area contributed by atoms with Crippen molar-refractivity contribution in [3.63, 3.8) is 0 Å². The molecule has 0 fully saturated rings. The molecule has 0 saturated carbocycles. The highest BCUT2D eigenvalue weighted by Gasteiger charge is 2.14. The van der Waals surface area contributed by atoms with Crippen LogP contribution in [0.25, 0.3) is 9.81 Å². The average Bonchev–Trinajstić information content (AvgIpc) is 2.79. The molecule has 0 aromatic heterocycles. The highest BCUT2D eigenvalue weighted by molar-refractivity contribution is 7.96. The van der Waals surface area contributed by atoms with E-state index >= 15 is 0 Å². The van der Waals surface area contributed by atoms with Gasteiger partial charge in [-0.3, -0.25) is 0 Å². The molecule has 3 heteroatoms. The van der Waals surface area contributed by atoms with E-state index in [9.17, 15) is 0 Å². The van der Waals surface area contributed by atoms with Crippen LogP contribution in [-0.2, 0) is 6.42 Å². The molecule has 1 nitrogen and oxygen atoms in total. The fraction of sp³-hybridized carbons (Fsp3) is 0.231. The van der Waals surface area contributed by atoms with Crippen LogP contribution in [-0.4, -0.2) is 6.61 Å². The van der Waals surface area contributed by atoms with Crippen LogP contribution in [0.4, 0.5) is 0 Å². The molecule has 0 aliphatic heterocycles. The lowest BCUT2D eigenvalue weighted by Gasteiger charge is -2.17. The standard InChI is InChI=1S/C26H28OS2/c1-3-19(2)22-14-15-24(27-17-16-20-10-6-4-7-11-20)23(18-22)26(29)25(28)21-12-8-5-9-13-21/h4-15,18-19,28-29H,3,16-17H2,1-2H3/b26-25-.